The van der Waals surface area contributed by atoms with Gasteiger partial charge in [0.05, 0.1) is 11.1 Å². The molecule has 1 unspecified atom stereocenters. The van der Waals surface area contributed by atoms with Crippen molar-refractivity contribution in [3.05, 3.63) is 16.6 Å². The van der Waals surface area contributed by atoms with Crippen LogP contribution in [0.15, 0.2) is 11.6 Å². The van der Waals surface area contributed by atoms with Crippen molar-refractivity contribution in [1.82, 2.24) is 9.88 Å². The van der Waals surface area contributed by atoms with Crippen molar-refractivity contribution in [3.63, 3.8) is 0 Å². The van der Waals surface area contributed by atoms with Crippen LogP contribution in [0.1, 0.15) is 31.7 Å². The zero-order chi connectivity index (χ0) is 11.6. The summed E-state index contributed by atoms with van der Waals surface area (Å²) in [5.41, 5.74) is -0.137. The van der Waals surface area contributed by atoms with Crippen LogP contribution in [0.3, 0.4) is 0 Å². The van der Waals surface area contributed by atoms with Gasteiger partial charge in [0.25, 0.3) is 0 Å². The highest BCUT2D eigenvalue weighted by molar-refractivity contribution is 7.09. The van der Waals surface area contributed by atoms with Crippen LogP contribution in [0.25, 0.3) is 0 Å². The van der Waals surface area contributed by atoms with Crippen LogP contribution < -0.4 is 0 Å². The van der Waals surface area contributed by atoms with Gasteiger partial charge in [-0.25, -0.2) is 4.98 Å². The molecule has 0 spiro atoms. The quantitative estimate of drug-likeness (QED) is 0.873. The first kappa shape index (κ1) is 12.0. The maximum absolute atomic E-state index is 10.3. The molecule has 1 fully saturated rings. The highest BCUT2D eigenvalue weighted by Crippen LogP contribution is 2.26. The van der Waals surface area contributed by atoms with Gasteiger partial charge < -0.3 is 5.11 Å². The number of rotatable bonds is 4. The van der Waals surface area contributed by atoms with Crippen LogP contribution in [-0.2, 0) is 6.42 Å². The molecule has 0 aliphatic carbocycles. The SMILES string of the molecule is CC(C)(C(O)Cc1nccs1)N1CCCC1. The number of likely N-dealkylation sites (tertiary alicyclic amines) is 1. The van der Waals surface area contributed by atoms with Gasteiger partial charge in [-0.2, -0.15) is 0 Å². The number of hydrogen-bond donors (Lipinski definition) is 1. The average molecular weight is 240 g/mol. The number of aliphatic hydroxyl groups excluding tert-OH is 1. The molecular formula is C12H20N2OS. The largest absolute Gasteiger partial charge is 0.391 e. The lowest BCUT2D eigenvalue weighted by Gasteiger charge is -2.39. The van der Waals surface area contributed by atoms with Crippen LogP contribution >= 0.6 is 11.3 Å². The minimum Gasteiger partial charge on any atom is -0.391 e. The van der Waals surface area contributed by atoms with E-state index in [9.17, 15) is 5.11 Å². The van der Waals surface area contributed by atoms with Crippen LogP contribution in [0.5, 0.6) is 0 Å². The number of nitrogens with zero attached hydrogens (tertiary/aromatic N) is 2. The first-order chi connectivity index (χ1) is 7.60. The third kappa shape index (κ3) is 2.44. The van der Waals surface area contributed by atoms with E-state index in [0.29, 0.717) is 6.42 Å². The van der Waals surface area contributed by atoms with Crippen molar-refractivity contribution < 1.29 is 5.11 Å². The molecule has 2 heterocycles. The number of hydrogen-bond acceptors (Lipinski definition) is 4. The predicted octanol–water partition coefficient (Wildman–Crippen LogP) is 1.92. The Bertz CT molecular complexity index is 318. The zero-order valence-corrected chi connectivity index (χ0v) is 10.8. The molecule has 4 heteroatoms. The van der Waals surface area contributed by atoms with E-state index in [1.807, 2.05) is 5.38 Å². The Balaban J connectivity index is 1.99. The monoisotopic (exact) mass is 240 g/mol. The Labute approximate surface area is 101 Å². The molecule has 90 valence electrons. The fourth-order valence-electron chi connectivity index (χ4n) is 2.27. The summed E-state index contributed by atoms with van der Waals surface area (Å²) < 4.78 is 0. The van der Waals surface area contributed by atoms with Crippen molar-refractivity contribution >= 4 is 11.3 Å². The van der Waals surface area contributed by atoms with Gasteiger partial charge in [0.1, 0.15) is 0 Å². The van der Waals surface area contributed by atoms with Crippen LogP contribution in [0, 0.1) is 0 Å². The van der Waals surface area contributed by atoms with Crippen LogP contribution in [0.4, 0.5) is 0 Å². The van der Waals surface area contributed by atoms with E-state index in [1.165, 1.54) is 12.8 Å². The van der Waals surface area contributed by atoms with Crippen molar-refractivity contribution in [2.45, 2.75) is 44.8 Å². The maximum atomic E-state index is 10.3. The number of thiazole rings is 1. The Hall–Kier alpha value is -0.450. The summed E-state index contributed by atoms with van der Waals surface area (Å²) in [5.74, 6) is 0. The standard InChI is InChI=1S/C12H20N2OS/c1-12(2,14-6-3-4-7-14)10(15)9-11-13-5-8-16-11/h5,8,10,15H,3-4,6-7,9H2,1-2H3. The van der Waals surface area contributed by atoms with E-state index in [0.717, 1.165) is 18.1 Å². The summed E-state index contributed by atoms with van der Waals surface area (Å²) in [6, 6.07) is 0. The molecule has 2 rings (SSSR count). The normalized spacial score (nSPS) is 20.2. The van der Waals surface area contributed by atoms with E-state index in [-0.39, 0.29) is 11.6 Å². The van der Waals surface area contributed by atoms with Gasteiger partial charge in [0.15, 0.2) is 0 Å². The Morgan fingerprint density at radius 1 is 1.50 bits per heavy atom. The fourth-order valence-corrected chi connectivity index (χ4v) is 2.93. The Morgan fingerprint density at radius 3 is 2.75 bits per heavy atom. The summed E-state index contributed by atoms with van der Waals surface area (Å²) >= 11 is 1.62. The summed E-state index contributed by atoms with van der Waals surface area (Å²) in [5, 5.41) is 13.3. The van der Waals surface area contributed by atoms with Gasteiger partial charge in [-0.05, 0) is 39.8 Å². The third-order valence-electron chi connectivity index (χ3n) is 3.59. The highest BCUT2D eigenvalue weighted by Gasteiger charge is 2.35. The Kier molecular flexibility index (Phi) is 3.62. The van der Waals surface area contributed by atoms with Gasteiger partial charge in [-0.1, -0.05) is 0 Å². The smallest absolute Gasteiger partial charge is 0.0951 e. The first-order valence-electron chi connectivity index (χ1n) is 5.92. The second-order valence-corrected chi connectivity index (χ2v) is 5.97. The van der Waals surface area contributed by atoms with E-state index in [2.05, 4.69) is 23.7 Å². The molecule has 1 aromatic heterocycles. The second-order valence-electron chi connectivity index (χ2n) is 4.99. The molecule has 0 radical (unpaired) electrons. The van der Waals surface area contributed by atoms with E-state index < -0.39 is 0 Å². The van der Waals surface area contributed by atoms with Gasteiger partial charge in [0, 0.05) is 23.5 Å². The number of aliphatic hydroxyl groups is 1. The van der Waals surface area contributed by atoms with Crippen molar-refractivity contribution in [2.24, 2.45) is 0 Å². The summed E-state index contributed by atoms with van der Waals surface area (Å²) in [7, 11) is 0. The molecule has 16 heavy (non-hydrogen) atoms. The van der Waals surface area contributed by atoms with Gasteiger partial charge in [0.2, 0.25) is 0 Å². The molecule has 0 amide bonds. The molecule has 0 saturated carbocycles. The topological polar surface area (TPSA) is 36.4 Å². The second kappa shape index (κ2) is 4.82. The highest BCUT2D eigenvalue weighted by atomic mass is 32.1. The fraction of sp³-hybridized carbons (Fsp3) is 0.750. The van der Waals surface area contributed by atoms with Gasteiger partial charge in [-0.15, -0.1) is 11.3 Å². The lowest BCUT2D eigenvalue weighted by molar-refractivity contribution is 0.00335. The number of aromatic nitrogens is 1. The minimum absolute atomic E-state index is 0.137. The van der Waals surface area contributed by atoms with Crippen molar-refractivity contribution in [2.75, 3.05) is 13.1 Å². The molecule has 1 aromatic rings. The average Bonchev–Trinajstić information content (AvgIpc) is 2.89. The molecule has 1 aliphatic rings. The molecule has 0 bridgehead atoms. The molecule has 3 nitrogen and oxygen atoms in total. The predicted molar refractivity (Wildman–Crippen MR) is 66.7 cm³/mol. The molecule has 0 aromatic carbocycles. The zero-order valence-electron chi connectivity index (χ0n) is 10.0. The summed E-state index contributed by atoms with van der Waals surface area (Å²) in [6.07, 6.45) is 4.65. The maximum Gasteiger partial charge on any atom is 0.0951 e. The molecule has 1 N–H and O–H groups in total. The summed E-state index contributed by atoms with van der Waals surface area (Å²) in [6.45, 7) is 6.50. The van der Waals surface area contributed by atoms with E-state index >= 15 is 0 Å². The van der Waals surface area contributed by atoms with Gasteiger partial charge >= 0.3 is 0 Å². The van der Waals surface area contributed by atoms with Crippen molar-refractivity contribution in [3.8, 4) is 0 Å². The van der Waals surface area contributed by atoms with Gasteiger partial charge in [-0.3, -0.25) is 4.90 Å². The first-order valence-corrected chi connectivity index (χ1v) is 6.80. The van der Waals surface area contributed by atoms with E-state index in [4.69, 9.17) is 0 Å². The molecule has 1 saturated heterocycles. The lowest BCUT2D eigenvalue weighted by atomic mass is 9.93. The van der Waals surface area contributed by atoms with E-state index in [1.54, 1.807) is 17.5 Å². The Morgan fingerprint density at radius 2 is 2.19 bits per heavy atom. The molecular weight excluding hydrogens is 220 g/mol. The van der Waals surface area contributed by atoms with Crippen molar-refractivity contribution in [1.29, 1.82) is 0 Å². The van der Waals surface area contributed by atoms with Crippen LogP contribution in [-0.4, -0.2) is 39.7 Å². The molecule has 1 aliphatic heterocycles. The van der Waals surface area contributed by atoms with Crippen LogP contribution in [0.2, 0.25) is 0 Å². The molecule has 1 atom stereocenters. The third-order valence-corrected chi connectivity index (χ3v) is 4.39. The summed E-state index contributed by atoms with van der Waals surface area (Å²) in [4.78, 5) is 6.63. The lowest BCUT2D eigenvalue weighted by Crippen LogP contribution is -2.51. The minimum atomic E-state index is -0.336.